The van der Waals surface area contributed by atoms with Crippen molar-refractivity contribution in [1.82, 2.24) is 5.48 Å². The molecule has 28 heavy (non-hydrogen) atoms. The van der Waals surface area contributed by atoms with Crippen molar-refractivity contribution in [2.75, 3.05) is 7.11 Å². The molecule has 0 radical (unpaired) electrons. The summed E-state index contributed by atoms with van der Waals surface area (Å²) >= 11 is 0. The summed E-state index contributed by atoms with van der Waals surface area (Å²) in [6.07, 6.45) is 0. The molecule has 0 aliphatic carbocycles. The number of hydrogen-bond acceptors (Lipinski definition) is 5. The molecule has 4 rings (SSSR count). The molecule has 0 spiro atoms. The van der Waals surface area contributed by atoms with Gasteiger partial charge in [-0.15, -0.1) is 0 Å². The van der Waals surface area contributed by atoms with Gasteiger partial charge in [-0.3, -0.25) is 9.59 Å². The first-order valence-corrected chi connectivity index (χ1v) is 8.44. The van der Waals surface area contributed by atoms with Crippen molar-refractivity contribution in [3.8, 4) is 11.5 Å². The highest BCUT2D eigenvalue weighted by Crippen LogP contribution is 2.37. The van der Waals surface area contributed by atoms with Gasteiger partial charge in [-0.05, 0) is 42.5 Å². The molecule has 7 heteroatoms. The van der Waals surface area contributed by atoms with E-state index in [0.717, 1.165) is 0 Å². The second-order valence-electron chi connectivity index (χ2n) is 6.04. The van der Waals surface area contributed by atoms with Gasteiger partial charge in [-0.1, -0.05) is 18.2 Å². The van der Waals surface area contributed by atoms with Gasteiger partial charge < -0.3 is 19.7 Å². The van der Waals surface area contributed by atoms with Crippen LogP contribution in [0.25, 0.3) is 21.9 Å². The molecule has 0 aliphatic rings. The van der Waals surface area contributed by atoms with Crippen molar-refractivity contribution in [2.24, 2.45) is 5.73 Å². The Morgan fingerprint density at radius 2 is 1.82 bits per heavy atom. The first kappa shape index (κ1) is 17.4. The van der Waals surface area contributed by atoms with E-state index in [1.54, 1.807) is 54.6 Å². The van der Waals surface area contributed by atoms with Gasteiger partial charge in [-0.2, -0.15) is 5.48 Å². The molecule has 0 aliphatic heterocycles. The molecule has 0 fully saturated rings. The van der Waals surface area contributed by atoms with E-state index in [4.69, 9.17) is 19.7 Å². The number of nitrogens with two attached hydrogens (primary N) is 1. The van der Waals surface area contributed by atoms with Crippen LogP contribution >= 0.6 is 0 Å². The molecule has 0 saturated heterocycles. The second kappa shape index (κ2) is 6.96. The van der Waals surface area contributed by atoms with Crippen LogP contribution < -0.4 is 20.8 Å². The zero-order valence-corrected chi connectivity index (χ0v) is 14.9. The maximum absolute atomic E-state index is 12.5. The summed E-state index contributed by atoms with van der Waals surface area (Å²) in [6.45, 7) is 0. The van der Waals surface area contributed by atoms with Crippen molar-refractivity contribution in [2.45, 2.75) is 0 Å². The van der Waals surface area contributed by atoms with E-state index in [-0.39, 0.29) is 5.56 Å². The largest absolute Gasteiger partial charge is 0.493 e. The van der Waals surface area contributed by atoms with E-state index < -0.39 is 11.8 Å². The summed E-state index contributed by atoms with van der Waals surface area (Å²) < 4.78 is 11.1. The van der Waals surface area contributed by atoms with Crippen molar-refractivity contribution in [1.29, 1.82) is 0 Å². The summed E-state index contributed by atoms with van der Waals surface area (Å²) in [4.78, 5) is 29.6. The van der Waals surface area contributed by atoms with Crippen LogP contribution in [0.2, 0.25) is 0 Å². The Hall–Kier alpha value is -4.00. The third-order valence-electron chi connectivity index (χ3n) is 4.33. The molecule has 7 nitrogen and oxygen atoms in total. The van der Waals surface area contributed by atoms with Gasteiger partial charge >= 0.3 is 0 Å². The summed E-state index contributed by atoms with van der Waals surface area (Å²) in [5.41, 5.74) is 9.42. The lowest BCUT2D eigenvalue weighted by atomic mass is 10.0. The minimum atomic E-state index is -0.599. The maximum Gasteiger partial charge on any atom is 0.283 e. The van der Waals surface area contributed by atoms with Gasteiger partial charge in [-0.25, -0.2) is 0 Å². The molecule has 2 amide bonds. The highest BCUT2D eigenvalue weighted by molar-refractivity contribution is 6.18. The van der Waals surface area contributed by atoms with Crippen molar-refractivity contribution in [3.05, 3.63) is 71.8 Å². The standard InChI is InChI=1S/C21H16N2O5/c1-26-17-10-8-14(20(22)24)18-15-11-12(7-9-16(15)27-19(17)18)21(25)23-28-13-5-3-2-4-6-13/h2-11H,1H3,(H2,22,24)(H,23,25). The molecular weight excluding hydrogens is 360 g/mol. The van der Waals surface area contributed by atoms with Crippen LogP contribution in [0, 0.1) is 0 Å². The molecule has 0 atom stereocenters. The first-order valence-electron chi connectivity index (χ1n) is 8.44. The van der Waals surface area contributed by atoms with Crippen LogP contribution in [0.1, 0.15) is 20.7 Å². The number of carbonyl (C=O) groups excluding carboxylic acids is 2. The number of fused-ring (bicyclic) bond motifs is 3. The fourth-order valence-corrected chi connectivity index (χ4v) is 3.02. The predicted molar refractivity (Wildman–Crippen MR) is 103 cm³/mol. The fraction of sp³-hybridized carbons (Fsp3) is 0.0476. The molecule has 3 N–H and O–H groups in total. The van der Waals surface area contributed by atoms with E-state index in [1.807, 2.05) is 6.07 Å². The maximum atomic E-state index is 12.5. The molecule has 4 aromatic rings. The van der Waals surface area contributed by atoms with Crippen molar-refractivity contribution >= 4 is 33.8 Å². The van der Waals surface area contributed by atoms with E-state index in [2.05, 4.69) is 5.48 Å². The smallest absolute Gasteiger partial charge is 0.283 e. The lowest BCUT2D eigenvalue weighted by Gasteiger charge is -2.07. The van der Waals surface area contributed by atoms with Crippen LogP contribution in [0.15, 0.2) is 65.1 Å². The third-order valence-corrected chi connectivity index (χ3v) is 4.33. The minimum Gasteiger partial charge on any atom is -0.493 e. The molecular formula is C21H16N2O5. The molecule has 1 heterocycles. The molecule has 1 aromatic heterocycles. The Morgan fingerprint density at radius 1 is 1.04 bits per heavy atom. The number of hydroxylamine groups is 1. The SMILES string of the molecule is COc1ccc(C(N)=O)c2c1oc1ccc(C(=O)NOc3ccccc3)cc12. The van der Waals surface area contributed by atoms with Crippen LogP contribution in [0.3, 0.4) is 0 Å². The van der Waals surface area contributed by atoms with E-state index in [0.29, 0.717) is 39.0 Å². The quantitative estimate of drug-likeness (QED) is 0.520. The van der Waals surface area contributed by atoms with Crippen molar-refractivity contribution in [3.63, 3.8) is 0 Å². The fourth-order valence-electron chi connectivity index (χ4n) is 3.02. The molecule has 0 bridgehead atoms. The Morgan fingerprint density at radius 3 is 2.54 bits per heavy atom. The average molecular weight is 376 g/mol. The number of furan rings is 1. The number of ether oxygens (including phenoxy) is 1. The Bertz CT molecular complexity index is 1200. The number of benzene rings is 3. The van der Waals surface area contributed by atoms with Gasteiger partial charge in [0.25, 0.3) is 5.91 Å². The Balaban J connectivity index is 1.76. The highest BCUT2D eigenvalue weighted by Gasteiger charge is 2.19. The topological polar surface area (TPSA) is 104 Å². The monoisotopic (exact) mass is 376 g/mol. The van der Waals surface area contributed by atoms with E-state index in [9.17, 15) is 9.59 Å². The number of amides is 2. The second-order valence-corrected chi connectivity index (χ2v) is 6.04. The summed E-state index contributed by atoms with van der Waals surface area (Å²) in [6, 6.07) is 16.9. The van der Waals surface area contributed by atoms with Gasteiger partial charge in [0.1, 0.15) is 5.58 Å². The Kier molecular flexibility index (Phi) is 4.33. The van der Waals surface area contributed by atoms with Gasteiger partial charge in [0.15, 0.2) is 17.1 Å². The van der Waals surface area contributed by atoms with E-state index in [1.165, 1.54) is 7.11 Å². The number of para-hydroxylation sites is 1. The van der Waals surface area contributed by atoms with Gasteiger partial charge in [0.05, 0.1) is 12.7 Å². The third kappa shape index (κ3) is 2.99. The van der Waals surface area contributed by atoms with Gasteiger partial charge in [0.2, 0.25) is 5.91 Å². The van der Waals surface area contributed by atoms with Crippen LogP contribution in [-0.4, -0.2) is 18.9 Å². The predicted octanol–water partition coefficient (Wildman–Crippen LogP) is 3.42. The summed E-state index contributed by atoms with van der Waals surface area (Å²) in [5.74, 6) is -0.0673. The van der Waals surface area contributed by atoms with Crippen LogP contribution in [-0.2, 0) is 0 Å². The average Bonchev–Trinajstić information content (AvgIpc) is 3.10. The number of primary amides is 1. The van der Waals surface area contributed by atoms with Crippen LogP contribution in [0.5, 0.6) is 11.5 Å². The van der Waals surface area contributed by atoms with Crippen molar-refractivity contribution < 1.29 is 23.6 Å². The number of rotatable bonds is 5. The molecule has 3 aromatic carbocycles. The zero-order chi connectivity index (χ0) is 19.7. The summed E-state index contributed by atoms with van der Waals surface area (Å²) in [5, 5.41) is 1.08. The summed E-state index contributed by atoms with van der Waals surface area (Å²) in [7, 11) is 1.51. The molecule has 0 saturated carbocycles. The number of hydrogen-bond donors (Lipinski definition) is 2. The zero-order valence-electron chi connectivity index (χ0n) is 14.9. The lowest BCUT2D eigenvalue weighted by Crippen LogP contribution is -2.26. The molecule has 140 valence electrons. The first-order chi connectivity index (χ1) is 13.6. The normalized spacial score (nSPS) is 10.8. The number of carbonyl (C=O) groups is 2. The Labute approximate surface area is 159 Å². The van der Waals surface area contributed by atoms with Crippen LogP contribution in [0.4, 0.5) is 0 Å². The van der Waals surface area contributed by atoms with E-state index >= 15 is 0 Å². The highest BCUT2D eigenvalue weighted by atomic mass is 16.7. The van der Waals surface area contributed by atoms with Gasteiger partial charge in [0, 0.05) is 16.3 Å². The lowest BCUT2D eigenvalue weighted by molar-refractivity contribution is 0.0760. The number of methoxy groups -OCH3 is 1. The molecule has 0 unspecified atom stereocenters. The minimum absolute atomic E-state index is 0.285. The number of nitrogens with one attached hydrogen (secondary N) is 1.